The molecule has 5 heteroatoms. The summed E-state index contributed by atoms with van der Waals surface area (Å²) < 4.78 is 10.6. The molecule has 1 rings (SSSR count). The van der Waals surface area contributed by atoms with Crippen LogP contribution >= 0.6 is 0 Å². The molecule has 1 heterocycles. The number of hydrogen-bond donors (Lipinski definition) is 1. The average Bonchev–Trinajstić information content (AvgIpc) is 2.66. The van der Waals surface area contributed by atoms with Crippen LogP contribution in [0.3, 0.4) is 0 Å². The molecule has 0 radical (unpaired) electrons. The lowest BCUT2D eigenvalue weighted by atomic mass is 10.1. The number of hydrogen-bond acceptors (Lipinski definition) is 5. The summed E-state index contributed by atoms with van der Waals surface area (Å²) in [4.78, 5) is 4.23. The molecule has 5 nitrogen and oxygen atoms in total. The molecule has 1 aromatic rings. The maximum Gasteiger partial charge on any atom is 0.229 e. The van der Waals surface area contributed by atoms with E-state index in [0.29, 0.717) is 31.2 Å². The zero-order chi connectivity index (χ0) is 12.2. The summed E-state index contributed by atoms with van der Waals surface area (Å²) in [6.07, 6.45) is 0.640. The normalized spacial score (nSPS) is 14.1. The third-order valence-corrected chi connectivity index (χ3v) is 2.39. The van der Waals surface area contributed by atoms with Crippen molar-refractivity contribution < 1.29 is 14.4 Å². The van der Waals surface area contributed by atoms with E-state index in [0.717, 1.165) is 0 Å². The topological polar surface area (TPSA) is 68.4 Å². The number of ether oxygens (including phenoxy) is 1. The predicted octanol–water partition coefficient (Wildman–Crippen LogP) is 1.65. The highest BCUT2D eigenvalue weighted by Crippen LogP contribution is 2.21. The maximum absolute atomic E-state index is 9.47. The van der Waals surface area contributed by atoms with Gasteiger partial charge in [-0.15, -0.1) is 0 Å². The Labute approximate surface area is 95.8 Å². The maximum atomic E-state index is 9.47. The fourth-order valence-corrected chi connectivity index (χ4v) is 1.35. The Morgan fingerprint density at radius 3 is 2.69 bits per heavy atom. The van der Waals surface area contributed by atoms with Gasteiger partial charge in [0, 0.05) is 6.61 Å². The molecule has 0 saturated heterocycles. The number of nitrogens with zero attached hydrogens (tertiary/aromatic N) is 2. The summed E-state index contributed by atoms with van der Waals surface area (Å²) in [5.74, 6) is 0.977. The van der Waals surface area contributed by atoms with Crippen LogP contribution in [-0.2, 0) is 16.8 Å². The highest BCUT2D eigenvalue weighted by molar-refractivity contribution is 4.97. The van der Waals surface area contributed by atoms with Crippen molar-refractivity contribution in [3.63, 3.8) is 0 Å². The Morgan fingerprint density at radius 2 is 2.12 bits per heavy atom. The highest BCUT2D eigenvalue weighted by atomic mass is 16.5. The van der Waals surface area contributed by atoms with Crippen molar-refractivity contribution in [3.8, 4) is 0 Å². The molecule has 1 unspecified atom stereocenters. The molecule has 1 N–H and O–H groups in total. The monoisotopic (exact) mass is 228 g/mol. The predicted molar refractivity (Wildman–Crippen MR) is 59.0 cm³/mol. The molecule has 0 aromatic carbocycles. The van der Waals surface area contributed by atoms with Crippen molar-refractivity contribution in [1.29, 1.82) is 0 Å². The first-order chi connectivity index (χ1) is 7.49. The molecule has 0 aliphatic heterocycles. The molecule has 0 fully saturated rings. The van der Waals surface area contributed by atoms with E-state index in [1.54, 1.807) is 0 Å². The zero-order valence-corrected chi connectivity index (χ0v) is 10.4. The van der Waals surface area contributed by atoms with Gasteiger partial charge in [-0.1, -0.05) is 12.1 Å². The first-order valence-corrected chi connectivity index (χ1v) is 5.64. The van der Waals surface area contributed by atoms with Gasteiger partial charge in [0.25, 0.3) is 0 Å². The van der Waals surface area contributed by atoms with Gasteiger partial charge in [0.1, 0.15) is 5.60 Å². The van der Waals surface area contributed by atoms with E-state index in [4.69, 9.17) is 9.26 Å². The molecule has 0 aliphatic rings. The summed E-state index contributed by atoms with van der Waals surface area (Å²) in [6.45, 7) is 8.20. The van der Waals surface area contributed by atoms with E-state index in [2.05, 4.69) is 10.1 Å². The van der Waals surface area contributed by atoms with Crippen molar-refractivity contribution in [2.45, 2.75) is 52.2 Å². The second kappa shape index (κ2) is 5.41. The Bertz CT molecular complexity index is 323. The third kappa shape index (κ3) is 3.28. The van der Waals surface area contributed by atoms with Crippen LogP contribution in [-0.4, -0.2) is 28.0 Å². The summed E-state index contributed by atoms with van der Waals surface area (Å²) in [5.41, 5.74) is -0.548. The largest absolute Gasteiger partial charge is 0.393 e. The molecule has 0 bridgehead atoms. The first kappa shape index (κ1) is 13.1. The second-order valence-electron chi connectivity index (χ2n) is 4.22. The molecule has 0 amide bonds. The van der Waals surface area contributed by atoms with E-state index < -0.39 is 11.7 Å². The van der Waals surface area contributed by atoms with Crippen LogP contribution in [0.25, 0.3) is 0 Å². The van der Waals surface area contributed by atoms with Gasteiger partial charge in [0.15, 0.2) is 0 Å². The highest BCUT2D eigenvalue weighted by Gasteiger charge is 2.27. The Hall–Kier alpha value is -0.940. The van der Waals surface area contributed by atoms with Crippen LogP contribution in [0, 0.1) is 0 Å². The van der Waals surface area contributed by atoms with Gasteiger partial charge in [-0.3, -0.25) is 0 Å². The summed E-state index contributed by atoms with van der Waals surface area (Å²) in [7, 11) is 0. The van der Waals surface area contributed by atoms with E-state index in [9.17, 15) is 5.11 Å². The van der Waals surface area contributed by atoms with E-state index in [1.165, 1.54) is 0 Å². The first-order valence-electron chi connectivity index (χ1n) is 5.64. The Morgan fingerprint density at radius 1 is 1.44 bits per heavy atom. The molecular formula is C11H20N2O3. The van der Waals surface area contributed by atoms with Crippen LogP contribution in [0.2, 0.25) is 0 Å². The second-order valence-corrected chi connectivity index (χ2v) is 4.22. The molecular weight excluding hydrogens is 208 g/mol. The average molecular weight is 228 g/mol. The van der Waals surface area contributed by atoms with Crippen molar-refractivity contribution in [3.05, 3.63) is 11.7 Å². The summed E-state index contributed by atoms with van der Waals surface area (Å²) in [5, 5.41) is 13.3. The third-order valence-electron chi connectivity index (χ3n) is 2.39. The van der Waals surface area contributed by atoms with Gasteiger partial charge in [-0.05, 0) is 27.2 Å². The minimum atomic E-state index is -0.548. The smallest absolute Gasteiger partial charge is 0.229 e. The minimum Gasteiger partial charge on any atom is -0.393 e. The van der Waals surface area contributed by atoms with Gasteiger partial charge < -0.3 is 14.4 Å². The summed E-state index contributed by atoms with van der Waals surface area (Å²) >= 11 is 0. The lowest BCUT2D eigenvalue weighted by molar-refractivity contribution is -0.0221. The Kier molecular flexibility index (Phi) is 4.44. The fourth-order valence-electron chi connectivity index (χ4n) is 1.35. The molecule has 1 atom stereocenters. The van der Waals surface area contributed by atoms with E-state index >= 15 is 0 Å². The molecule has 0 aliphatic carbocycles. The molecule has 0 saturated carbocycles. The van der Waals surface area contributed by atoms with Crippen molar-refractivity contribution in [2.75, 3.05) is 6.61 Å². The fraction of sp³-hybridized carbons (Fsp3) is 0.818. The molecule has 16 heavy (non-hydrogen) atoms. The SMILES string of the molecule is CCOC(C)(C)c1noc(CC(O)CC)n1. The van der Waals surface area contributed by atoms with Gasteiger partial charge in [-0.25, -0.2) is 0 Å². The van der Waals surface area contributed by atoms with Crippen LogP contribution in [0.4, 0.5) is 0 Å². The minimum absolute atomic E-state index is 0.395. The van der Waals surface area contributed by atoms with Crippen molar-refractivity contribution >= 4 is 0 Å². The number of rotatable bonds is 6. The standard InChI is InChI=1S/C11H20N2O3/c1-5-8(14)7-9-12-10(13-16-9)11(3,4)15-6-2/h8,14H,5-7H2,1-4H3. The molecule has 0 spiro atoms. The van der Waals surface area contributed by atoms with Gasteiger partial charge in [-0.2, -0.15) is 4.98 Å². The van der Waals surface area contributed by atoms with E-state index in [1.807, 2.05) is 27.7 Å². The lowest BCUT2D eigenvalue weighted by Gasteiger charge is -2.19. The quantitative estimate of drug-likeness (QED) is 0.801. The Balaban J connectivity index is 2.70. The van der Waals surface area contributed by atoms with Crippen LogP contribution < -0.4 is 0 Å². The molecule has 1 aromatic heterocycles. The number of aromatic nitrogens is 2. The van der Waals surface area contributed by atoms with Gasteiger partial charge >= 0.3 is 0 Å². The van der Waals surface area contributed by atoms with Crippen molar-refractivity contribution in [2.24, 2.45) is 0 Å². The van der Waals surface area contributed by atoms with E-state index in [-0.39, 0.29) is 0 Å². The van der Waals surface area contributed by atoms with Crippen LogP contribution in [0.1, 0.15) is 45.8 Å². The van der Waals surface area contributed by atoms with Crippen LogP contribution in [0.15, 0.2) is 4.52 Å². The van der Waals surface area contributed by atoms with Gasteiger partial charge in [0.2, 0.25) is 11.7 Å². The molecule has 92 valence electrons. The number of aliphatic hydroxyl groups excluding tert-OH is 1. The van der Waals surface area contributed by atoms with Gasteiger partial charge in [0.05, 0.1) is 12.5 Å². The summed E-state index contributed by atoms with van der Waals surface area (Å²) in [6, 6.07) is 0. The number of aliphatic hydroxyl groups is 1. The van der Waals surface area contributed by atoms with Crippen LogP contribution in [0.5, 0.6) is 0 Å². The zero-order valence-electron chi connectivity index (χ0n) is 10.4. The van der Waals surface area contributed by atoms with Crippen molar-refractivity contribution in [1.82, 2.24) is 10.1 Å². The lowest BCUT2D eigenvalue weighted by Crippen LogP contribution is -2.23.